The average Bonchev–Trinajstić information content (AvgIpc) is 2.98. The quantitative estimate of drug-likeness (QED) is 0.595. The number of pyridine rings is 1. The number of thiophene rings is 1. The molecular formula is C20H19ClN2O4S. The van der Waals surface area contributed by atoms with E-state index in [0.29, 0.717) is 32.1 Å². The van der Waals surface area contributed by atoms with Crippen molar-refractivity contribution in [2.45, 2.75) is 20.8 Å². The van der Waals surface area contributed by atoms with Gasteiger partial charge in [-0.1, -0.05) is 23.7 Å². The highest BCUT2D eigenvalue weighted by Crippen LogP contribution is 2.42. The van der Waals surface area contributed by atoms with Crippen LogP contribution >= 0.6 is 22.9 Å². The molecule has 6 nitrogen and oxygen atoms in total. The van der Waals surface area contributed by atoms with E-state index in [1.807, 2.05) is 0 Å². The summed E-state index contributed by atoms with van der Waals surface area (Å²) in [6.07, 6.45) is 0. The lowest BCUT2D eigenvalue weighted by molar-refractivity contribution is 0.0519. The number of hydrogen-bond acceptors (Lipinski definition) is 7. The lowest BCUT2D eigenvalue weighted by Gasteiger charge is -2.14. The van der Waals surface area contributed by atoms with Crippen molar-refractivity contribution in [2.75, 3.05) is 18.9 Å². The molecule has 0 unspecified atom stereocenters. The smallest absolute Gasteiger partial charge is 0.350 e. The van der Waals surface area contributed by atoms with Gasteiger partial charge in [0.2, 0.25) is 0 Å². The Morgan fingerprint density at radius 1 is 1.11 bits per heavy atom. The molecule has 3 rings (SSSR count). The fraction of sp³-hybridized carbons (Fsp3) is 0.250. The monoisotopic (exact) mass is 418 g/mol. The molecule has 0 bridgehead atoms. The second kappa shape index (κ2) is 8.16. The Labute approximate surface area is 171 Å². The highest BCUT2D eigenvalue weighted by atomic mass is 35.5. The Morgan fingerprint density at radius 3 is 2.32 bits per heavy atom. The molecule has 0 atom stereocenters. The van der Waals surface area contributed by atoms with Crippen LogP contribution in [0, 0.1) is 6.92 Å². The van der Waals surface area contributed by atoms with Crippen LogP contribution in [0.2, 0.25) is 5.02 Å². The maximum absolute atomic E-state index is 12.7. The zero-order valence-electron chi connectivity index (χ0n) is 15.7. The Hall–Kier alpha value is -2.64. The van der Waals surface area contributed by atoms with E-state index >= 15 is 0 Å². The van der Waals surface area contributed by atoms with Gasteiger partial charge in [-0.25, -0.2) is 14.6 Å². The second-order valence-electron chi connectivity index (χ2n) is 5.92. The fourth-order valence-electron chi connectivity index (χ4n) is 2.97. The standard InChI is InChI=1S/C20H19ClN2O4S/c1-4-26-19(24)13-10(3)23-18-15(14(13)11-6-8-12(21)9-7-11)16(22)17(28-18)20(25)27-5-2/h6-9H,4-5,22H2,1-3H3. The van der Waals surface area contributed by atoms with Crippen LogP contribution in [-0.2, 0) is 9.47 Å². The number of fused-ring (bicyclic) bond motifs is 1. The largest absolute Gasteiger partial charge is 0.462 e. The summed E-state index contributed by atoms with van der Waals surface area (Å²) in [5.74, 6) is -1.01. The Bertz CT molecular complexity index is 1060. The first-order valence-corrected chi connectivity index (χ1v) is 9.91. The van der Waals surface area contributed by atoms with Crippen LogP contribution < -0.4 is 5.73 Å². The van der Waals surface area contributed by atoms with Crippen molar-refractivity contribution in [1.29, 1.82) is 0 Å². The second-order valence-corrected chi connectivity index (χ2v) is 7.36. The van der Waals surface area contributed by atoms with Gasteiger partial charge < -0.3 is 15.2 Å². The van der Waals surface area contributed by atoms with Gasteiger partial charge in [-0.3, -0.25) is 0 Å². The van der Waals surface area contributed by atoms with Gasteiger partial charge in [0.05, 0.1) is 30.2 Å². The molecule has 8 heteroatoms. The molecule has 0 fully saturated rings. The summed E-state index contributed by atoms with van der Waals surface area (Å²) < 4.78 is 10.3. The first-order chi connectivity index (χ1) is 13.4. The zero-order valence-corrected chi connectivity index (χ0v) is 17.2. The van der Waals surface area contributed by atoms with E-state index in [1.165, 1.54) is 0 Å². The van der Waals surface area contributed by atoms with Gasteiger partial charge >= 0.3 is 11.9 Å². The number of anilines is 1. The Kier molecular flexibility index (Phi) is 5.86. The Balaban J connectivity index is 2.38. The van der Waals surface area contributed by atoms with Crippen molar-refractivity contribution in [3.05, 3.63) is 45.4 Å². The van der Waals surface area contributed by atoms with Crippen molar-refractivity contribution in [3.63, 3.8) is 0 Å². The highest BCUT2D eigenvalue weighted by Gasteiger charge is 2.27. The summed E-state index contributed by atoms with van der Waals surface area (Å²) in [6.45, 7) is 5.65. The predicted molar refractivity (Wildman–Crippen MR) is 111 cm³/mol. The SMILES string of the molecule is CCOC(=O)c1sc2nc(C)c(C(=O)OCC)c(-c3ccc(Cl)cc3)c2c1N. The molecule has 2 aromatic heterocycles. The number of aromatic nitrogens is 1. The van der Waals surface area contributed by atoms with Gasteiger partial charge in [0.1, 0.15) is 9.71 Å². The topological polar surface area (TPSA) is 91.5 Å². The first kappa shape index (κ1) is 20.1. The average molecular weight is 419 g/mol. The molecule has 0 spiro atoms. The van der Waals surface area contributed by atoms with Crippen LogP contribution in [-0.4, -0.2) is 30.1 Å². The minimum atomic E-state index is -0.514. The van der Waals surface area contributed by atoms with Gasteiger partial charge in [0, 0.05) is 16.0 Å². The number of nitrogens with zero attached hydrogens (tertiary/aromatic N) is 1. The summed E-state index contributed by atoms with van der Waals surface area (Å²) >= 11 is 7.17. The van der Waals surface area contributed by atoms with Crippen LogP contribution in [0.15, 0.2) is 24.3 Å². The van der Waals surface area contributed by atoms with Crippen molar-refractivity contribution < 1.29 is 19.1 Å². The molecule has 0 radical (unpaired) electrons. The fourth-order valence-corrected chi connectivity index (χ4v) is 4.14. The van der Waals surface area contributed by atoms with Gasteiger partial charge in [-0.2, -0.15) is 0 Å². The molecule has 0 amide bonds. The van der Waals surface area contributed by atoms with Crippen molar-refractivity contribution in [1.82, 2.24) is 4.98 Å². The number of hydrogen-bond donors (Lipinski definition) is 1. The molecule has 0 aliphatic carbocycles. The molecular weight excluding hydrogens is 400 g/mol. The third kappa shape index (κ3) is 3.55. The maximum Gasteiger partial charge on any atom is 0.350 e. The van der Waals surface area contributed by atoms with Crippen LogP contribution in [0.4, 0.5) is 5.69 Å². The van der Waals surface area contributed by atoms with Gasteiger partial charge in [0.15, 0.2) is 0 Å². The van der Waals surface area contributed by atoms with E-state index < -0.39 is 11.9 Å². The number of ether oxygens (including phenoxy) is 2. The van der Waals surface area contributed by atoms with Crippen LogP contribution in [0.5, 0.6) is 0 Å². The third-order valence-corrected chi connectivity index (χ3v) is 5.46. The van der Waals surface area contributed by atoms with Crippen LogP contribution in [0.25, 0.3) is 21.3 Å². The highest BCUT2D eigenvalue weighted by molar-refractivity contribution is 7.21. The number of aryl methyl sites for hydroxylation is 1. The van der Waals surface area contributed by atoms with Crippen molar-refractivity contribution in [2.24, 2.45) is 0 Å². The van der Waals surface area contributed by atoms with Crippen molar-refractivity contribution in [3.8, 4) is 11.1 Å². The van der Waals surface area contributed by atoms with E-state index in [1.54, 1.807) is 45.0 Å². The minimum Gasteiger partial charge on any atom is -0.462 e. The van der Waals surface area contributed by atoms with E-state index in [-0.39, 0.29) is 23.8 Å². The minimum absolute atomic E-state index is 0.226. The Morgan fingerprint density at radius 2 is 1.71 bits per heavy atom. The number of nitrogen functional groups attached to an aromatic ring is 1. The molecule has 146 valence electrons. The number of nitrogens with two attached hydrogens (primary N) is 1. The summed E-state index contributed by atoms with van der Waals surface area (Å²) in [7, 11) is 0. The number of rotatable bonds is 5. The van der Waals surface area contributed by atoms with Gasteiger partial charge in [-0.05, 0) is 38.5 Å². The van der Waals surface area contributed by atoms with Gasteiger partial charge in [0.25, 0.3) is 0 Å². The van der Waals surface area contributed by atoms with E-state index in [0.717, 1.165) is 16.9 Å². The number of carbonyl (C=O) groups is 2. The van der Waals surface area contributed by atoms with Crippen LogP contribution in [0.1, 0.15) is 39.6 Å². The summed E-state index contributed by atoms with van der Waals surface area (Å²) in [4.78, 5) is 30.3. The third-order valence-electron chi connectivity index (χ3n) is 4.13. The number of halogens is 1. The zero-order chi connectivity index (χ0) is 20.4. The van der Waals surface area contributed by atoms with Crippen molar-refractivity contribution >= 4 is 50.8 Å². The summed E-state index contributed by atoms with van der Waals surface area (Å²) in [5, 5.41) is 1.10. The molecule has 0 aliphatic heterocycles. The van der Waals surface area contributed by atoms with E-state index in [4.69, 9.17) is 26.8 Å². The van der Waals surface area contributed by atoms with Gasteiger partial charge in [-0.15, -0.1) is 11.3 Å². The van der Waals surface area contributed by atoms with E-state index in [9.17, 15) is 9.59 Å². The molecule has 0 aliphatic rings. The summed E-state index contributed by atoms with van der Waals surface area (Å²) in [5.41, 5.74) is 8.67. The summed E-state index contributed by atoms with van der Waals surface area (Å²) in [6, 6.07) is 7.03. The van der Waals surface area contributed by atoms with E-state index in [2.05, 4.69) is 4.98 Å². The lowest BCUT2D eigenvalue weighted by Crippen LogP contribution is -2.11. The van der Waals surface area contributed by atoms with Crippen LogP contribution in [0.3, 0.4) is 0 Å². The molecule has 2 heterocycles. The molecule has 28 heavy (non-hydrogen) atoms. The molecule has 1 aromatic carbocycles. The number of benzene rings is 1. The lowest BCUT2D eigenvalue weighted by atomic mass is 9.95. The predicted octanol–water partition coefficient (Wildman–Crippen LogP) is 4.86. The normalized spacial score (nSPS) is 10.9. The molecule has 2 N–H and O–H groups in total. The molecule has 0 saturated carbocycles. The number of esters is 2. The molecule has 3 aromatic rings. The molecule has 0 saturated heterocycles. The maximum atomic E-state index is 12.7. The first-order valence-electron chi connectivity index (χ1n) is 8.71. The number of carbonyl (C=O) groups excluding carboxylic acids is 2.